The zero-order valence-electron chi connectivity index (χ0n) is 12.6. The molecule has 0 atom stereocenters. The molecule has 0 heterocycles. The minimum absolute atomic E-state index is 0.294. The molecule has 112 valence electrons. The summed E-state index contributed by atoms with van der Waals surface area (Å²) >= 11 is 0. The van der Waals surface area contributed by atoms with E-state index in [0.29, 0.717) is 12.3 Å². The molecule has 1 aromatic rings. The van der Waals surface area contributed by atoms with E-state index in [-0.39, 0.29) is 0 Å². The molecule has 5 nitrogen and oxygen atoms in total. The molecule has 1 aromatic carbocycles. The molecule has 0 saturated heterocycles. The first-order valence-electron chi connectivity index (χ1n) is 6.78. The van der Waals surface area contributed by atoms with Crippen molar-refractivity contribution in [1.29, 1.82) is 0 Å². The number of aryl methyl sites for hydroxylation is 1. The molecular formula is C15H24N2O3. The van der Waals surface area contributed by atoms with Crippen molar-refractivity contribution in [2.75, 3.05) is 18.4 Å². The van der Waals surface area contributed by atoms with Crippen LogP contribution in [0.5, 0.6) is 5.75 Å². The van der Waals surface area contributed by atoms with Crippen LogP contribution in [0.3, 0.4) is 0 Å². The van der Waals surface area contributed by atoms with Gasteiger partial charge in [0, 0.05) is 18.8 Å². The van der Waals surface area contributed by atoms with Crippen LogP contribution in [0.1, 0.15) is 32.8 Å². The molecule has 0 radical (unpaired) electrons. The minimum Gasteiger partial charge on any atom is -0.508 e. The maximum atomic E-state index is 11.4. The van der Waals surface area contributed by atoms with Crippen LogP contribution in [-0.4, -0.2) is 29.9 Å². The Kier molecular flexibility index (Phi) is 5.67. The normalized spacial score (nSPS) is 11.0. The Balaban J connectivity index is 2.19. The van der Waals surface area contributed by atoms with Crippen molar-refractivity contribution in [1.82, 2.24) is 5.32 Å². The number of alkyl carbamates (subject to hydrolysis) is 1. The van der Waals surface area contributed by atoms with Crippen molar-refractivity contribution < 1.29 is 14.6 Å². The van der Waals surface area contributed by atoms with Gasteiger partial charge in [0.1, 0.15) is 11.4 Å². The first-order valence-corrected chi connectivity index (χ1v) is 6.78. The van der Waals surface area contributed by atoms with Crippen LogP contribution in [-0.2, 0) is 4.74 Å². The predicted octanol–water partition coefficient (Wildman–Crippen LogP) is 3.03. The number of anilines is 1. The van der Waals surface area contributed by atoms with E-state index >= 15 is 0 Å². The maximum Gasteiger partial charge on any atom is 0.407 e. The number of phenols is 1. The molecule has 0 aliphatic heterocycles. The number of ether oxygens (including phenoxy) is 1. The standard InChI is InChI=1S/C15H24N2O3/c1-11-10-12(6-7-13(11)18)16-8-5-9-17-14(19)20-15(2,3)4/h6-7,10,16,18H,5,8-9H2,1-4H3,(H,17,19). The van der Waals surface area contributed by atoms with E-state index in [1.165, 1.54) is 0 Å². The topological polar surface area (TPSA) is 70.6 Å². The molecule has 0 aromatic heterocycles. The predicted molar refractivity (Wildman–Crippen MR) is 80.2 cm³/mol. The SMILES string of the molecule is Cc1cc(NCCCNC(=O)OC(C)(C)C)ccc1O. The Labute approximate surface area is 120 Å². The van der Waals surface area contributed by atoms with Gasteiger partial charge in [-0.3, -0.25) is 0 Å². The Morgan fingerprint density at radius 1 is 1.30 bits per heavy atom. The first-order chi connectivity index (χ1) is 9.28. The van der Waals surface area contributed by atoms with Gasteiger partial charge < -0.3 is 20.5 Å². The monoisotopic (exact) mass is 280 g/mol. The second kappa shape index (κ2) is 7.03. The number of aromatic hydroxyl groups is 1. The number of phenolic OH excluding ortho intramolecular Hbond substituents is 1. The highest BCUT2D eigenvalue weighted by Crippen LogP contribution is 2.19. The third kappa shape index (κ3) is 6.31. The van der Waals surface area contributed by atoms with Crippen LogP contribution in [0, 0.1) is 6.92 Å². The first kappa shape index (κ1) is 16.1. The van der Waals surface area contributed by atoms with Crippen molar-refractivity contribution in [3.63, 3.8) is 0 Å². The average Bonchev–Trinajstić information content (AvgIpc) is 2.31. The van der Waals surface area contributed by atoms with Gasteiger partial charge in [0.2, 0.25) is 0 Å². The third-order valence-corrected chi connectivity index (χ3v) is 2.55. The van der Waals surface area contributed by atoms with E-state index in [9.17, 15) is 9.90 Å². The summed E-state index contributed by atoms with van der Waals surface area (Å²) in [6.45, 7) is 8.65. The quantitative estimate of drug-likeness (QED) is 0.573. The molecule has 1 rings (SSSR count). The zero-order chi connectivity index (χ0) is 15.2. The summed E-state index contributed by atoms with van der Waals surface area (Å²) in [6, 6.07) is 5.37. The van der Waals surface area contributed by atoms with Crippen molar-refractivity contribution in [3.8, 4) is 5.75 Å². The lowest BCUT2D eigenvalue weighted by Gasteiger charge is -2.19. The van der Waals surface area contributed by atoms with E-state index in [1.54, 1.807) is 6.07 Å². The molecular weight excluding hydrogens is 256 g/mol. The summed E-state index contributed by atoms with van der Waals surface area (Å²) in [4.78, 5) is 11.4. The molecule has 0 aliphatic rings. The Morgan fingerprint density at radius 2 is 2.00 bits per heavy atom. The smallest absolute Gasteiger partial charge is 0.407 e. The van der Waals surface area contributed by atoms with Crippen LogP contribution < -0.4 is 10.6 Å². The zero-order valence-corrected chi connectivity index (χ0v) is 12.6. The fourth-order valence-corrected chi connectivity index (χ4v) is 1.59. The number of benzene rings is 1. The summed E-state index contributed by atoms with van der Waals surface area (Å²) in [5.74, 6) is 0.294. The van der Waals surface area contributed by atoms with Gasteiger partial charge in [-0.25, -0.2) is 4.79 Å². The van der Waals surface area contributed by atoms with Crippen molar-refractivity contribution in [2.24, 2.45) is 0 Å². The molecule has 1 amide bonds. The number of hydrogen-bond acceptors (Lipinski definition) is 4. The highest BCUT2D eigenvalue weighted by Gasteiger charge is 2.15. The van der Waals surface area contributed by atoms with Crippen molar-refractivity contribution >= 4 is 11.8 Å². The molecule has 0 unspecified atom stereocenters. The second-order valence-electron chi connectivity index (χ2n) is 5.71. The average molecular weight is 280 g/mol. The lowest BCUT2D eigenvalue weighted by atomic mass is 10.2. The largest absolute Gasteiger partial charge is 0.508 e. The van der Waals surface area contributed by atoms with Gasteiger partial charge in [-0.1, -0.05) is 0 Å². The van der Waals surface area contributed by atoms with Gasteiger partial charge in [0.05, 0.1) is 0 Å². The van der Waals surface area contributed by atoms with E-state index in [4.69, 9.17) is 4.74 Å². The Hall–Kier alpha value is -1.91. The van der Waals surface area contributed by atoms with Gasteiger partial charge in [-0.15, -0.1) is 0 Å². The Bertz CT molecular complexity index is 453. The summed E-state index contributed by atoms with van der Waals surface area (Å²) in [5, 5.41) is 15.4. The second-order valence-corrected chi connectivity index (χ2v) is 5.71. The van der Waals surface area contributed by atoms with Gasteiger partial charge in [-0.2, -0.15) is 0 Å². The molecule has 5 heteroatoms. The van der Waals surface area contributed by atoms with Crippen molar-refractivity contribution in [2.45, 2.75) is 39.7 Å². The molecule has 0 spiro atoms. The van der Waals surface area contributed by atoms with Gasteiger partial charge >= 0.3 is 6.09 Å². The maximum absolute atomic E-state index is 11.4. The molecule has 0 fully saturated rings. The van der Waals surface area contributed by atoms with E-state index in [2.05, 4.69) is 10.6 Å². The van der Waals surface area contributed by atoms with Crippen molar-refractivity contribution in [3.05, 3.63) is 23.8 Å². The van der Waals surface area contributed by atoms with Crippen LogP contribution >= 0.6 is 0 Å². The molecule has 0 saturated carbocycles. The molecule has 0 aliphatic carbocycles. The van der Waals surface area contributed by atoms with Gasteiger partial charge in [0.15, 0.2) is 0 Å². The number of nitrogens with one attached hydrogen (secondary N) is 2. The highest BCUT2D eigenvalue weighted by molar-refractivity contribution is 5.67. The molecule has 20 heavy (non-hydrogen) atoms. The lowest BCUT2D eigenvalue weighted by molar-refractivity contribution is 0.0528. The number of amides is 1. The fraction of sp³-hybridized carbons (Fsp3) is 0.533. The minimum atomic E-state index is -0.466. The van der Waals surface area contributed by atoms with Crippen LogP contribution in [0.25, 0.3) is 0 Å². The van der Waals surface area contributed by atoms with E-state index in [1.807, 2.05) is 39.8 Å². The number of carbonyl (C=O) groups excluding carboxylic acids is 1. The number of hydrogen-bond donors (Lipinski definition) is 3. The van der Waals surface area contributed by atoms with Crippen LogP contribution in [0.4, 0.5) is 10.5 Å². The molecule has 0 bridgehead atoms. The van der Waals surface area contributed by atoms with E-state index < -0.39 is 11.7 Å². The van der Waals surface area contributed by atoms with Crippen LogP contribution in [0.15, 0.2) is 18.2 Å². The molecule has 3 N–H and O–H groups in total. The number of carbonyl (C=O) groups is 1. The Morgan fingerprint density at radius 3 is 2.60 bits per heavy atom. The number of rotatable bonds is 5. The summed E-state index contributed by atoms with van der Waals surface area (Å²) in [6.07, 6.45) is 0.400. The van der Waals surface area contributed by atoms with Gasteiger partial charge in [0.25, 0.3) is 0 Å². The third-order valence-electron chi connectivity index (χ3n) is 2.55. The summed E-state index contributed by atoms with van der Waals surface area (Å²) in [5.41, 5.74) is 1.32. The lowest BCUT2D eigenvalue weighted by Crippen LogP contribution is -2.33. The highest BCUT2D eigenvalue weighted by atomic mass is 16.6. The van der Waals surface area contributed by atoms with E-state index in [0.717, 1.165) is 24.2 Å². The summed E-state index contributed by atoms with van der Waals surface area (Å²) < 4.78 is 5.13. The van der Waals surface area contributed by atoms with Crippen LogP contribution in [0.2, 0.25) is 0 Å². The fourth-order valence-electron chi connectivity index (χ4n) is 1.59. The van der Waals surface area contributed by atoms with Gasteiger partial charge in [-0.05, 0) is 57.9 Å². The summed E-state index contributed by atoms with van der Waals surface area (Å²) in [7, 11) is 0.